The first-order valence-corrected chi connectivity index (χ1v) is 9.91. The molecule has 1 fully saturated rings. The third-order valence-electron chi connectivity index (χ3n) is 4.43. The molecule has 0 amide bonds. The van der Waals surface area contributed by atoms with Gasteiger partial charge in [0.05, 0.1) is 22.6 Å². The molecule has 1 aromatic heterocycles. The van der Waals surface area contributed by atoms with Crippen molar-refractivity contribution in [1.82, 2.24) is 19.1 Å². The largest absolute Gasteiger partial charge is 0.316 e. The van der Waals surface area contributed by atoms with Crippen molar-refractivity contribution in [3.8, 4) is 6.07 Å². The SMILES string of the molecule is CCCn1cnnc1[C@@H]1CCCCN1S(=O)(=O)c1cccc(C#N)c1. The standard InChI is InChI=1S/C17H21N5O2S/c1-2-9-21-13-19-20-17(21)16-8-3-4-10-22(16)25(23,24)15-7-5-6-14(11-15)12-18/h5-7,11,13,16H,2-4,8-10H2,1H3/t16-/m0/s1. The van der Waals surface area contributed by atoms with Crippen LogP contribution in [-0.4, -0.2) is 34.0 Å². The summed E-state index contributed by atoms with van der Waals surface area (Å²) in [6, 6.07) is 7.85. The van der Waals surface area contributed by atoms with E-state index in [-0.39, 0.29) is 10.9 Å². The summed E-state index contributed by atoms with van der Waals surface area (Å²) in [7, 11) is -3.70. The number of nitriles is 1. The van der Waals surface area contributed by atoms with Gasteiger partial charge in [0.15, 0.2) is 5.82 Å². The van der Waals surface area contributed by atoms with Crippen molar-refractivity contribution in [2.24, 2.45) is 0 Å². The van der Waals surface area contributed by atoms with Gasteiger partial charge in [-0.25, -0.2) is 8.42 Å². The number of sulfonamides is 1. The highest BCUT2D eigenvalue weighted by Crippen LogP contribution is 2.34. The Morgan fingerprint density at radius 3 is 2.96 bits per heavy atom. The molecule has 0 spiro atoms. The fourth-order valence-corrected chi connectivity index (χ4v) is 4.95. The first-order valence-electron chi connectivity index (χ1n) is 8.47. The van der Waals surface area contributed by atoms with Crippen molar-refractivity contribution in [3.63, 3.8) is 0 Å². The van der Waals surface area contributed by atoms with Crippen LogP contribution in [-0.2, 0) is 16.6 Å². The summed E-state index contributed by atoms with van der Waals surface area (Å²) in [5.41, 5.74) is 0.337. The van der Waals surface area contributed by atoms with Gasteiger partial charge in [0, 0.05) is 13.1 Å². The van der Waals surface area contributed by atoms with Gasteiger partial charge >= 0.3 is 0 Å². The molecule has 0 unspecified atom stereocenters. The minimum absolute atomic E-state index is 0.153. The van der Waals surface area contributed by atoms with Crippen LogP contribution in [0, 0.1) is 11.3 Å². The van der Waals surface area contributed by atoms with Crippen LogP contribution in [0.4, 0.5) is 0 Å². The summed E-state index contributed by atoms with van der Waals surface area (Å²) in [5, 5.41) is 17.2. The lowest BCUT2D eigenvalue weighted by molar-refractivity contribution is 0.240. The molecule has 0 aliphatic carbocycles. The van der Waals surface area contributed by atoms with E-state index in [1.165, 1.54) is 10.4 Å². The van der Waals surface area contributed by atoms with E-state index in [1.807, 2.05) is 10.6 Å². The minimum atomic E-state index is -3.70. The summed E-state index contributed by atoms with van der Waals surface area (Å²) >= 11 is 0. The lowest BCUT2D eigenvalue weighted by atomic mass is 10.0. The fourth-order valence-electron chi connectivity index (χ4n) is 3.25. The maximum absolute atomic E-state index is 13.2. The van der Waals surface area contributed by atoms with Crippen molar-refractivity contribution in [2.75, 3.05) is 6.54 Å². The van der Waals surface area contributed by atoms with Gasteiger partial charge in [-0.1, -0.05) is 19.4 Å². The molecule has 1 saturated heterocycles. The number of aryl methyl sites for hydroxylation is 1. The monoisotopic (exact) mass is 359 g/mol. The van der Waals surface area contributed by atoms with Gasteiger partial charge in [-0.2, -0.15) is 9.57 Å². The Morgan fingerprint density at radius 2 is 2.20 bits per heavy atom. The summed E-state index contributed by atoms with van der Waals surface area (Å²) in [4.78, 5) is 0.153. The number of nitrogens with zero attached hydrogens (tertiary/aromatic N) is 5. The summed E-state index contributed by atoms with van der Waals surface area (Å²) in [6.07, 6.45) is 5.08. The summed E-state index contributed by atoms with van der Waals surface area (Å²) in [6.45, 7) is 3.27. The van der Waals surface area contributed by atoms with Gasteiger partial charge in [-0.3, -0.25) is 0 Å². The van der Waals surface area contributed by atoms with E-state index in [2.05, 4.69) is 17.1 Å². The van der Waals surface area contributed by atoms with Crippen LogP contribution in [0.15, 0.2) is 35.5 Å². The molecule has 132 valence electrons. The molecular weight excluding hydrogens is 338 g/mol. The quantitative estimate of drug-likeness (QED) is 0.818. The van der Waals surface area contributed by atoms with E-state index in [4.69, 9.17) is 5.26 Å². The number of piperidine rings is 1. The van der Waals surface area contributed by atoms with E-state index in [0.29, 0.717) is 17.9 Å². The van der Waals surface area contributed by atoms with E-state index in [9.17, 15) is 8.42 Å². The van der Waals surface area contributed by atoms with Gasteiger partial charge in [0.2, 0.25) is 10.0 Å². The third kappa shape index (κ3) is 3.43. The zero-order valence-corrected chi connectivity index (χ0v) is 15.0. The zero-order chi connectivity index (χ0) is 17.9. The smallest absolute Gasteiger partial charge is 0.243 e. The Bertz CT molecular complexity index is 884. The molecule has 1 aliphatic heterocycles. The van der Waals surface area contributed by atoms with Crippen molar-refractivity contribution in [2.45, 2.75) is 50.1 Å². The maximum atomic E-state index is 13.2. The Labute approximate surface area is 148 Å². The average Bonchev–Trinajstić information content (AvgIpc) is 3.10. The summed E-state index contributed by atoms with van der Waals surface area (Å²) < 4.78 is 29.8. The molecule has 2 aromatic rings. The molecule has 2 heterocycles. The van der Waals surface area contributed by atoms with E-state index >= 15 is 0 Å². The first-order chi connectivity index (χ1) is 12.1. The topological polar surface area (TPSA) is 91.9 Å². The Kier molecular flexibility index (Phi) is 5.16. The molecular formula is C17H21N5O2S. The molecule has 1 aromatic carbocycles. The van der Waals surface area contributed by atoms with Gasteiger partial charge in [-0.05, 0) is 37.5 Å². The minimum Gasteiger partial charge on any atom is -0.316 e. The highest BCUT2D eigenvalue weighted by Gasteiger charge is 2.37. The molecule has 25 heavy (non-hydrogen) atoms. The van der Waals surface area contributed by atoms with Crippen LogP contribution in [0.1, 0.15) is 50.0 Å². The lowest BCUT2D eigenvalue weighted by Gasteiger charge is -2.34. The number of hydrogen-bond donors (Lipinski definition) is 0. The lowest BCUT2D eigenvalue weighted by Crippen LogP contribution is -2.39. The second kappa shape index (κ2) is 7.33. The maximum Gasteiger partial charge on any atom is 0.243 e. The summed E-state index contributed by atoms with van der Waals surface area (Å²) in [5.74, 6) is 0.696. The molecule has 1 aliphatic rings. The highest BCUT2D eigenvalue weighted by molar-refractivity contribution is 7.89. The molecule has 8 heteroatoms. The van der Waals surface area contributed by atoms with Crippen molar-refractivity contribution < 1.29 is 8.42 Å². The molecule has 7 nitrogen and oxygen atoms in total. The molecule has 0 radical (unpaired) electrons. The normalized spacial score (nSPS) is 18.8. The van der Waals surface area contributed by atoms with Crippen LogP contribution in [0.3, 0.4) is 0 Å². The Morgan fingerprint density at radius 1 is 1.36 bits per heavy atom. The van der Waals surface area contributed by atoms with Gasteiger partial charge in [0.1, 0.15) is 6.33 Å². The van der Waals surface area contributed by atoms with Gasteiger partial charge in [0.25, 0.3) is 0 Å². The predicted molar refractivity (Wildman–Crippen MR) is 92.0 cm³/mol. The van der Waals surface area contributed by atoms with E-state index < -0.39 is 10.0 Å². The Hall–Kier alpha value is -2.24. The van der Waals surface area contributed by atoms with E-state index in [1.54, 1.807) is 24.5 Å². The van der Waals surface area contributed by atoms with Gasteiger partial charge < -0.3 is 4.57 Å². The van der Waals surface area contributed by atoms with E-state index in [0.717, 1.165) is 32.2 Å². The second-order valence-corrected chi connectivity index (χ2v) is 8.04. The van der Waals surface area contributed by atoms with Crippen LogP contribution < -0.4 is 0 Å². The van der Waals surface area contributed by atoms with Crippen molar-refractivity contribution in [3.05, 3.63) is 42.0 Å². The third-order valence-corrected chi connectivity index (χ3v) is 6.34. The molecule has 0 N–H and O–H groups in total. The van der Waals surface area contributed by atoms with Crippen LogP contribution in [0.2, 0.25) is 0 Å². The fraction of sp³-hybridized carbons (Fsp3) is 0.471. The van der Waals surface area contributed by atoms with Crippen LogP contribution >= 0.6 is 0 Å². The number of benzene rings is 1. The second-order valence-electron chi connectivity index (χ2n) is 6.15. The molecule has 3 rings (SSSR count). The highest BCUT2D eigenvalue weighted by atomic mass is 32.2. The molecule has 0 saturated carbocycles. The predicted octanol–water partition coefficient (Wildman–Crippen LogP) is 2.48. The number of aromatic nitrogens is 3. The molecule has 0 bridgehead atoms. The Balaban J connectivity index is 2.00. The van der Waals surface area contributed by atoms with Crippen LogP contribution in [0.25, 0.3) is 0 Å². The zero-order valence-electron chi connectivity index (χ0n) is 14.2. The van der Waals surface area contributed by atoms with Crippen molar-refractivity contribution in [1.29, 1.82) is 5.26 Å². The first kappa shape index (κ1) is 17.6. The van der Waals surface area contributed by atoms with Gasteiger partial charge in [-0.15, -0.1) is 10.2 Å². The number of rotatable bonds is 5. The van der Waals surface area contributed by atoms with Crippen LogP contribution in [0.5, 0.6) is 0 Å². The number of hydrogen-bond acceptors (Lipinski definition) is 5. The average molecular weight is 359 g/mol. The van der Waals surface area contributed by atoms with Crippen molar-refractivity contribution >= 4 is 10.0 Å². The molecule has 1 atom stereocenters.